The Hall–Kier alpha value is -2.68. The summed E-state index contributed by atoms with van der Waals surface area (Å²) in [6.07, 6.45) is 3.89. The number of aromatic amines is 1. The highest BCUT2D eigenvalue weighted by molar-refractivity contribution is 7.89. The van der Waals surface area contributed by atoms with Gasteiger partial charge in [0.05, 0.1) is 17.5 Å². The number of nitrogens with zero attached hydrogens (tertiary/aromatic N) is 2. The topological polar surface area (TPSA) is 99.5 Å². The van der Waals surface area contributed by atoms with E-state index in [1.54, 1.807) is 17.0 Å². The number of carbonyl (C=O) groups excluding carboxylic acids is 1. The minimum Gasteiger partial charge on any atom is -0.357 e. The molecule has 0 radical (unpaired) electrons. The normalized spacial score (nSPS) is 19.6. The number of primary sulfonamides is 1. The summed E-state index contributed by atoms with van der Waals surface area (Å²) in [6, 6.07) is 15.4. The van der Waals surface area contributed by atoms with Crippen molar-refractivity contribution in [2.24, 2.45) is 5.14 Å². The third-order valence-electron chi connectivity index (χ3n) is 6.44. The van der Waals surface area contributed by atoms with Gasteiger partial charge in [-0.05, 0) is 67.1 Å². The van der Waals surface area contributed by atoms with Crippen LogP contribution in [0.25, 0.3) is 10.9 Å². The maximum atomic E-state index is 13.2. The van der Waals surface area contributed by atoms with E-state index in [1.807, 2.05) is 12.1 Å². The fourth-order valence-corrected chi connectivity index (χ4v) is 5.45. The lowest BCUT2D eigenvalue weighted by molar-refractivity contribution is -0.120. The Morgan fingerprint density at radius 3 is 2.74 bits per heavy atom. The smallest absolute Gasteiger partial charge is 0.241 e. The molecule has 3 aromatic rings. The Labute approximate surface area is 181 Å². The van der Waals surface area contributed by atoms with E-state index in [-0.39, 0.29) is 16.8 Å². The van der Waals surface area contributed by atoms with Crippen LogP contribution >= 0.6 is 0 Å². The summed E-state index contributed by atoms with van der Waals surface area (Å²) in [4.78, 5) is 20.9. The lowest BCUT2D eigenvalue weighted by atomic mass is 9.99. The predicted molar refractivity (Wildman–Crippen MR) is 120 cm³/mol. The Morgan fingerprint density at radius 1 is 1.10 bits per heavy atom. The van der Waals surface area contributed by atoms with E-state index in [4.69, 9.17) is 5.14 Å². The maximum absolute atomic E-state index is 13.2. The molecular formula is C23H26N4O3S. The molecule has 162 valence electrons. The van der Waals surface area contributed by atoms with Crippen molar-refractivity contribution in [3.63, 3.8) is 0 Å². The summed E-state index contributed by atoms with van der Waals surface area (Å²) < 4.78 is 23.3. The van der Waals surface area contributed by atoms with Gasteiger partial charge >= 0.3 is 0 Å². The molecule has 0 spiro atoms. The largest absolute Gasteiger partial charge is 0.357 e. The van der Waals surface area contributed by atoms with E-state index in [0.29, 0.717) is 19.5 Å². The number of hydrogen-bond donors (Lipinski definition) is 2. The third kappa shape index (κ3) is 3.86. The first-order valence-corrected chi connectivity index (χ1v) is 12.2. The first-order chi connectivity index (χ1) is 14.9. The number of hydrogen-bond acceptors (Lipinski definition) is 4. The number of H-pyrrole nitrogens is 1. The van der Waals surface area contributed by atoms with Crippen LogP contribution in [0.4, 0.5) is 5.69 Å². The van der Waals surface area contributed by atoms with Crippen molar-refractivity contribution in [3.05, 3.63) is 59.8 Å². The summed E-state index contributed by atoms with van der Waals surface area (Å²) in [5.74, 6) is 0.0464. The lowest BCUT2D eigenvalue weighted by Gasteiger charge is -2.35. The molecule has 3 heterocycles. The van der Waals surface area contributed by atoms with Crippen LogP contribution < -0.4 is 10.0 Å². The number of anilines is 1. The van der Waals surface area contributed by atoms with Crippen LogP contribution in [-0.2, 0) is 21.2 Å². The van der Waals surface area contributed by atoms with E-state index >= 15 is 0 Å². The Kier molecular flexibility index (Phi) is 5.08. The summed E-state index contributed by atoms with van der Waals surface area (Å²) in [5, 5.41) is 6.44. The van der Waals surface area contributed by atoms with Crippen LogP contribution in [0.15, 0.2) is 53.4 Å². The Balaban J connectivity index is 1.36. The van der Waals surface area contributed by atoms with Gasteiger partial charge in [-0.3, -0.25) is 9.69 Å². The molecule has 1 unspecified atom stereocenters. The van der Waals surface area contributed by atoms with Crippen molar-refractivity contribution >= 4 is 32.5 Å². The number of nitrogens with two attached hydrogens (primary N) is 1. The molecule has 31 heavy (non-hydrogen) atoms. The van der Waals surface area contributed by atoms with Crippen LogP contribution in [0.2, 0.25) is 0 Å². The highest BCUT2D eigenvalue weighted by atomic mass is 32.2. The van der Waals surface area contributed by atoms with Crippen molar-refractivity contribution in [3.8, 4) is 0 Å². The molecule has 7 nitrogen and oxygen atoms in total. The molecule has 5 rings (SSSR count). The van der Waals surface area contributed by atoms with E-state index in [1.165, 1.54) is 11.5 Å². The summed E-state index contributed by atoms with van der Waals surface area (Å²) in [7, 11) is -3.75. The highest BCUT2D eigenvalue weighted by Crippen LogP contribution is 2.34. The summed E-state index contributed by atoms with van der Waals surface area (Å²) >= 11 is 0. The van der Waals surface area contributed by atoms with E-state index in [0.717, 1.165) is 48.3 Å². The highest BCUT2D eigenvalue weighted by Gasteiger charge is 2.31. The van der Waals surface area contributed by atoms with Crippen molar-refractivity contribution in [1.29, 1.82) is 0 Å². The second kappa shape index (κ2) is 7.78. The molecule has 8 heteroatoms. The summed E-state index contributed by atoms with van der Waals surface area (Å²) in [5.41, 5.74) is 3.92. The van der Waals surface area contributed by atoms with Crippen LogP contribution in [0, 0.1) is 0 Å². The maximum Gasteiger partial charge on any atom is 0.241 e. The SMILES string of the molecule is NS(=O)(=O)c1ccc2c(c1)CCN2C(=O)CN1CCCCC1c1cc2ccccc2[nH]1. The molecule has 1 saturated heterocycles. The molecular weight excluding hydrogens is 412 g/mol. The fraction of sp³-hybridized carbons (Fsp3) is 0.348. The standard InChI is InChI=1S/C23H26N4O3S/c24-31(29,30)18-8-9-21-17(13-18)10-12-27(21)23(28)15-26-11-4-3-7-22(26)20-14-16-5-1-2-6-19(16)25-20/h1-2,5-6,8-9,13-14,22,25H,3-4,7,10-12,15H2,(H2,24,29,30). The lowest BCUT2D eigenvalue weighted by Crippen LogP contribution is -2.43. The molecule has 0 bridgehead atoms. The van der Waals surface area contributed by atoms with E-state index in [2.05, 4.69) is 28.1 Å². The van der Waals surface area contributed by atoms with E-state index < -0.39 is 10.0 Å². The van der Waals surface area contributed by atoms with Gasteiger partial charge in [0.15, 0.2) is 0 Å². The molecule has 2 aliphatic heterocycles. The quantitative estimate of drug-likeness (QED) is 0.654. The number of likely N-dealkylation sites (tertiary alicyclic amines) is 1. The molecule has 3 N–H and O–H groups in total. The van der Waals surface area contributed by atoms with Crippen LogP contribution in [0.1, 0.15) is 36.6 Å². The van der Waals surface area contributed by atoms with Gasteiger partial charge in [0.2, 0.25) is 15.9 Å². The van der Waals surface area contributed by atoms with E-state index in [9.17, 15) is 13.2 Å². The van der Waals surface area contributed by atoms with Gasteiger partial charge < -0.3 is 9.88 Å². The van der Waals surface area contributed by atoms with Crippen LogP contribution in [0.5, 0.6) is 0 Å². The number of carbonyl (C=O) groups is 1. The molecule has 0 saturated carbocycles. The average Bonchev–Trinajstić information content (AvgIpc) is 3.37. The number of sulfonamides is 1. The molecule has 1 amide bonds. The van der Waals surface area contributed by atoms with Gasteiger partial charge in [0.1, 0.15) is 0 Å². The number of benzene rings is 2. The van der Waals surface area contributed by atoms with Gasteiger partial charge in [0.25, 0.3) is 0 Å². The third-order valence-corrected chi connectivity index (χ3v) is 7.35. The van der Waals surface area contributed by atoms with Gasteiger partial charge in [-0.25, -0.2) is 13.6 Å². The predicted octanol–water partition coefficient (Wildman–Crippen LogP) is 2.93. The van der Waals surface area contributed by atoms with Gasteiger partial charge in [-0.2, -0.15) is 0 Å². The molecule has 1 atom stereocenters. The van der Waals surface area contributed by atoms with Crippen LogP contribution in [0.3, 0.4) is 0 Å². The minimum absolute atomic E-state index is 0.0464. The second-order valence-electron chi connectivity index (χ2n) is 8.42. The number of nitrogens with one attached hydrogen (secondary N) is 1. The number of rotatable bonds is 4. The number of fused-ring (bicyclic) bond motifs is 2. The first-order valence-electron chi connectivity index (χ1n) is 10.7. The van der Waals surface area contributed by atoms with Crippen molar-refractivity contribution in [2.45, 2.75) is 36.6 Å². The fourth-order valence-electron chi connectivity index (χ4n) is 4.88. The first kappa shape index (κ1) is 20.2. The monoisotopic (exact) mass is 438 g/mol. The van der Waals surface area contributed by atoms with Crippen molar-refractivity contribution < 1.29 is 13.2 Å². The van der Waals surface area contributed by atoms with Gasteiger partial charge in [-0.15, -0.1) is 0 Å². The molecule has 2 aliphatic rings. The molecule has 2 aromatic carbocycles. The minimum atomic E-state index is -3.75. The number of aromatic nitrogens is 1. The zero-order valence-corrected chi connectivity index (χ0v) is 18.1. The second-order valence-corrected chi connectivity index (χ2v) is 9.99. The molecule has 1 aromatic heterocycles. The average molecular weight is 439 g/mol. The molecule has 1 fully saturated rings. The van der Waals surface area contributed by atoms with Crippen molar-refractivity contribution in [1.82, 2.24) is 9.88 Å². The Morgan fingerprint density at radius 2 is 1.94 bits per heavy atom. The Bertz CT molecular complexity index is 1220. The number of para-hydroxylation sites is 1. The van der Waals surface area contributed by atoms with Crippen molar-refractivity contribution in [2.75, 3.05) is 24.5 Å². The molecule has 0 aliphatic carbocycles. The zero-order valence-electron chi connectivity index (χ0n) is 17.3. The summed E-state index contributed by atoms with van der Waals surface area (Å²) in [6.45, 7) is 1.79. The van der Waals surface area contributed by atoms with Gasteiger partial charge in [-0.1, -0.05) is 24.6 Å². The van der Waals surface area contributed by atoms with Crippen LogP contribution in [-0.4, -0.2) is 43.8 Å². The number of amides is 1. The zero-order chi connectivity index (χ0) is 21.6. The van der Waals surface area contributed by atoms with Gasteiger partial charge in [0, 0.05) is 23.4 Å². The number of piperidine rings is 1.